The zero-order valence-electron chi connectivity index (χ0n) is 16.6. The van der Waals surface area contributed by atoms with E-state index in [1.54, 1.807) is 24.4 Å². The van der Waals surface area contributed by atoms with Crippen LogP contribution in [0.15, 0.2) is 30.5 Å². The van der Waals surface area contributed by atoms with Crippen LogP contribution in [0.1, 0.15) is 48.2 Å². The van der Waals surface area contributed by atoms with Crippen LogP contribution in [0.3, 0.4) is 0 Å². The van der Waals surface area contributed by atoms with E-state index in [1.807, 2.05) is 11.8 Å². The molecule has 150 valence electrons. The zero-order valence-corrected chi connectivity index (χ0v) is 16.6. The SMILES string of the molecule is Cc1c(C(=O)N2CCN(CC3CCCCC3)CC2)cnn1-c1ccccc1F. The summed E-state index contributed by atoms with van der Waals surface area (Å²) in [6, 6.07) is 6.50. The number of carbonyl (C=O) groups is 1. The fourth-order valence-corrected chi connectivity index (χ4v) is 4.52. The molecule has 0 radical (unpaired) electrons. The minimum Gasteiger partial charge on any atom is -0.336 e. The van der Waals surface area contributed by atoms with Crippen molar-refractivity contribution in [3.05, 3.63) is 47.5 Å². The summed E-state index contributed by atoms with van der Waals surface area (Å²) in [5, 5.41) is 4.27. The standard InChI is InChI=1S/C22H29FN4O/c1-17-19(15-24-27(17)21-10-6-5-9-20(21)23)22(28)26-13-11-25(12-14-26)16-18-7-3-2-4-8-18/h5-6,9-10,15,18H,2-4,7-8,11-14,16H2,1H3. The second-order valence-electron chi connectivity index (χ2n) is 8.10. The molecule has 2 heterocycles. The average molecular weight is 384 g/mol. The summed E-state index contributed by atoms with van der Waals surface area (Å²) in [6.07, 6.45) is 8.40. The fraction of sp³-hybridized carbons (Fsp3) is 0.545. The van der Waals surface area contributed by atoms with E-state index < -0.39 is 0 Å². The predicted octanol–water partition coefficient (Wildman–Crippen LogP) is 3.66. The average Bonchev–Trinajstić information content (AvgIpc) is 3.10. The summed E-state index contributed by atoms with van der Waals surface area (Å²) in [4.78, 5) is 17.4. The minimum absolute atomic E-state index is 0.00240. The van der Waals surface area contributed by atoms with Crippen molar-refractivity contribution in [2.45, 2.75) is 39.0 Å². The Balaban J connectivity index is 1.39. The first-order valence-electron chi connectivity index (χ1n) is 10.4. The van der Waals surface area contributed by atoms with E-state index in [9.17, 15) is 9.18 Å². The van der Waals surface area contributed by atoms with Crippen molar-refractivity contribution in [1.82, 2.24) is 19.6 Å². The molecule has 1 aliphatic carbocycles. The number of amides is 1. The van der Waals surface area contributed by atoms with E-state index >= 15 is 0 Å². The van der Waals surface area contributed by atoms with Crippen molar-refractivity contribution in [1.29, 1.82) is 0 Å². The summed E-state index contributed by atoms with van der Waals surface area (Å²) in [6.45, 7) is 6.36. The Morgan fingerprint density at radius 1 is 1.11 bits per heavy atom. The largest absolute Gasteiger partial charge is 0.336 e. The van der Waals surface area contributed by atoms with Crippen LogP contribution in [0, 0.1) is 18.7 Å². The number of nitrogens with zero attached hydrogens (tertiary/aromatic N) is 4. The molecule has 4 rings (SSSR count). The minimum atomic E-state index is -0.343. The molecule has 2 aliphatic rings. The number of rotatable bonds is 4. The molecular weight excluding hydrogens is 355 g/mol. The Kier molecular flexibility index (Phi) is 5.76. The molecule has 1 saturated carbocycles. The van der Waals surface area contributed by atoms with E-state index in [2.05, 4.69) is 10.00 Å². The maximum atomic E-state index is 14.1. The summed E-state index contributed by atoms with van der Waals surface area (Å²) < 4.78 is 15.6. The molecule has 2 fully saturated rings. The topological polar surface area (TPSA) is 41.4 Å². The van der Waals surface area contributed by atoms with Crippen LogP contribution in [-0.2, 0) is 0 Å². The fourth-order valence-electron chi connectivity index (χ4n) is 4.52. The second-order valence-corrected chi connectivity index (χ2v) is 8.10. The Morgan fingerprint density at radius 3 is 2.54 bits per heavy atom. The van der Waals surface area contributed by atoms with Crippen LogP contribution >= 0.6 is 0 Å². The molecule has 0 unspecified atom stereocenters. The van der Waals surface area contributed by atoms with Gasteiger partial charge in [0.25, 0.3) is 5.91 Å². The lowest BCUT2D eigenvalue weighted by molar-refractivity contribution is 0.0605. The molecule has 28 heavy (non-hydrogen) atoms. The van der Waals surface area contributed by atoms with Crippen LogP contribution in [0.2, 0.25) is 0 Å². The van der Waals surface area contributed by atoms with Crippen molar-refractivity contribution in [2.75, 3.05) is 32.7 Å². The zero-order chi connectivity index (χ0) is 19.5. The molecule has 0 N–H and O–H groups in total. The summed E-state index contributed by atoms with van der Waals surface area (Å²) in [5.74, 6) is 0.485. The number of benzene rings is 1. The molecule has 1 amide bonds. The summed E-state index contributed by atoms with van der Waals surface area (Å²) in [5.41, 5.74) is 1.61. The van der Waals surface area contributed by atoms with E-state index in [-0.39, 0.29) is 11.7 Å². The van der Waals surface area contributed by atoms with Gasteiger partial charge in [-0.1, -0.05) is 31.4 Å². The van der Waals surface area contributed by atoms with E-state index in [0.717, 1.165) is 32.1 Å². The van der Waals surface area contributed by atoms with Crippen molar-refractivity contribution < 1.29 is 9.18 Å². The van der Waals surface area contributed by atoms with Crippen LogP contribution in [-0.4, -0.2) is 58.2 Å². The highest BCUT2D eigenvalue weighted by atomic mass is 19.1. The first-order chi connectivity index (χ1) is 13.6. The molecule has 1 aliphatic heterocycles. The van der Waals surface area contributed by atoms with Crippen molar-refractivity contribution in [2.24, 2.45) is 5.92 Å². The van der Waals surface area contributed by atoms with Crippen LogP contribution in [0.4, 0.5) is 4.39 Å². The quantitative estimate of drug-likeness (QED) is 0.808. The maximum Gasteiger partial charge on any atom is 0.257 e. The van der Waals surface area contributed by atoms with Gasteiger partial charge in [0.1, 0.15) is 11.5 Å². The first kappa shape index (κ1) is 19.1. The highest BCUT2D eigenvalue weighted by molar-refractivity contribution is 5.95. The number of aromatic nitrogens is 2. The van der Waals surface area contributed by atoms with Crippen molar-refractivity contribution >= 4 is 5.91 Å². The lowest BCUT2D eigenvalue weighted by atomic mass is 9.89. The molecule has 0 atom stereocenters. The van der Waals surface area contributed by atoms with Gasteiger partial charge in [0.15, 0.2) is 0 Å². The molecule has 1 aromatic carbocycles. The van der Waals surface area contributed by atoms with Crippen molar-refractivity contribution in [3.63, 3.8) is 0 Å². The Hall–Kier alpha value is -2.21. The van der Waals surface area contributed by atoms with Gasteiger partial charge >= 0.3 is 0 Å². The van der Waals surface area contributed by atoms with Gasteiger partial charge in [0.2, 0.25) is 0 Å². The van der Waals surface area contributed by atoms with Gasteiger partial charge in [-0.25, -0.2) is 9.07 Å². The van der Waals surface area contributed by atoms with Crippen LogP contribution in [0.25, 0.3) is 5.69 Å². The molecule has 0 bridgehead atoms. The molecule has 5 nitrogen and oxygen atoms in total. The van der Waals surface area contributed by atoms with Gasteiger partial charge in [0.05, 0.1) is 17.5 Å². The number of halogens is 1. The van der Waals surface area contributed by atoms with Gasteiger partial charge in [0, 0.05) is 32.7 Å². The predicted molar refractivity (Wildman–Crippen MR) is 107 cm³/mol. The van der Waals surface area contributed by atoms with E-state index in [4.69, 9.17) is 0 Å². The Morgan fingerprint density at radius 2 is 1.82 bits per heavy atom. The van der Waals surface area contributed by atoms with E-state index in [0.29, 0.717) is 16.9 Å². The highest BCUT2D eigenvalue weighted by Gasteiger charge is 2.27. The molecule has 0 spiro atoms. The summed E-state index contributed by atoms with van der Waals surface area (Å²) in [7, 11) is 0. The smallest absolute Gasteiger partial charge is 0.257 e. The third kappa shape index (κ3) is 3.97. The van der Waals surface area contributed by atoms with Gasteiger partial charge in [-0.05, 0) is 37.8 Å². The van der Waals surface area contributed by atoms with Gasteiger partial charge in [-0.3, -0.25) is 9.69 Å². The van der Waals surface area contributed by atoms with Crippen molar-refractivity contribution in [3.8, 4) is 5.69 Å². The van der Waals surface area contributed by atoms with Gasteiger partial charge in [-0.2, -0.15) is 5.10 Å². The third-order valence-corrected chi connectivity index (χ3v) is 6.22. The summed E-state index contributed by atoms with van der Waals surface area (Å²) >= 11 is 0. The lowest BCUT2D eigenvalue weighted by Crippen LogP contribution is -2.50. The molecule has 1 aromatic heterocycles. The number of hydrogen-bond acceptors (Lipinski definition) is 3. The number of hydrogen-bond donors (Lipinski definition) is 0. The van der Waals surface area contributed by atoms with E-state index in [1.165, 1.54) is 49.4 Å². The Bertz CT molecular complexity index is 820. The van der Waals surface area contributed by atoms with Crippen LogP contribution < -0.4 is 0 Å². The molecular formula is C22H29FN4O. The van der Waals surface area contributed by atoms with Gasteiger partial charge in [-0.15, -0.1) is 0 Å². The Labute approximate surface area is 166 Å². The number of piperazine rings is 1. The van der Waals surface area contributed by atoms with Gasteiger partial charge < -0.3 is 4.90 Å². The molecule has 6 heteroatoms. The normalized spacial score (nSPS) is 19.1. The number of para-hydroxylation sites is 1. The van der Waals surface area contributed by atoms with Crippen LogP contribution in [0.5, 0.6) is 0 Å². The number of carbonyl (C=O) groups excluding carboxylic acids is 1. The lowest BCUT2D eigenvalue weighted by Gasteiger charge is -2.37. The highest BCUT2D eigenvalue weighted by Crippen LogP contribution is 2.25. The second kappa shape index (κ2) is 8.43. The molecule has 1 saturated heterocycles. The first-order valence-corrected chi connectivity index (χ1v) is 10.4. The molecule has 2 aromatic rings. The monoisotopic (exact) mass is 384 g/mol. The maximum absolute atomic E-state index is 14.1. The third-order valence-electron chi connectivity index (χ3n) is 6.22.